The molecule has 0 amide bonds. The van der Waals surface area contributed by atoms with E-state index in [-0.39, 0.29) is 17.8 Å². The summed E-state index contributed by atoms with van der Waals surface area (Å²) < 4.78 is 44.5. The third kappa shape index (κ3) is 2.14. The van der Waals surface area contributed by atoms with Crippen LogP contribution in [0.1, 0.15) is 13.3 Å². The van der Waals surface area contributed by atoms with Crippen LogP contribution in [0.4, 0.5) is 18.9 Å². The lowest BCUT2D eigenvalue weighted by Gasteiger charge is -2.18. The molecule has 0 radical (unpaired) electrons. The molecule has 2 rings (SSSR count). The molecular weight excluding hydrogens is 219 g/mol. The van der Waals surface area contributed by atoms with Gasteiger partial charge in [-0.25, -0.2) is 13.2 Å². The fraction of sp³-hybridized carbons (Fsp3) is 0.455. The lowest BCUT2D eigenvalue weighted by Crippen LogP contribution is -2.27. The number of anilines is 1. The Morgan fingerprint density at radius 3 is 2.38 bits per heavy atom. The van der Waals surface area contributed by atoms with Crippen molar-refractivity contribution in [3.63, 3.8) is 0 Å². The molecule has 1 aliphatic heterocycles. The van der Waals surface area contributed by atoms with Gasteiger partial charge < -0.3 is 10.1 Å². The maximum absolute atomic E-state index is 13.3. The van der Waals surface area contributed by atoms with E-state index in [4.69, 9.17) is 4.74 Å². The lowest BCUT2D eigenvalue weighted by atomic mass is 10.1. The van der Waals surface area contributed by atoms with Crippen LogP contribution >= 0.6 is 0 Å². The van der Waals surface area contributed by atoms with Crippen molar-refractivity contribution in [2.45, 2.75) is 25.5 Å². The van der Waals surface area contributed by atoms with Crippen LogP contribution in [-0.4, -0.2) is 18.8 Å². The third-order valence-electron chi connectivity index (χ3n) is 2.71. The van der Waals surface area contributed by atoms with Gasteiger partial charge >= 0.3 is 0 Å². The van der Waals surface area contributed by atoms with Crippen LogP contribution in [0.15, 0.2) is 12.1 Å². The van der Waals surface area contributed by atoms with Crippen molar-refractivity contribution in [3.8, 4) is 0 Å². The highest BCUT2D eigenvalue weighted by Gasteiger charge is 2.26. The molecule has 88 valence electrons. The Kier molecular flexibility index (Phi) is 3.05. The number of rotatable bonds is 2. The van der Waals surface area contributed by atoms with Crippen LogP contribution in [-0.2, 0) is 4.74 Å². The van der Waals surface area contributed by atoms with E-state index in [0.717, 1.165) is 0 Å². The molecule has 2 unspecified atom stereocenters. The van der Waals surface area contributed by atoms with E-state index >= 15 is 0 Å². The van der Waals surface area contributed by atoms with Gasteiger partial charge in [0.05, 0.1) is 12.1 Å². The maximum Gasteiger partial charge on any atom is 0.152 e. The molecule has 0 saturated carbocycles. The third-order valence-corrected chi connectivity index (χ3v) is 2.71. The normalized spacial score (nSPS) is 24.8. The van der Waals surface area contributed by atoms with E-state index < -0.39 is 17.5 Å². The van der Waals surface area contributed by atoms with Crippen LogP contribution in [0.5, 0.6) is 0 Å². The second kappa shape index (κ2) is 4.33. The molecule has 0 bridgehead atoms. The zero-order chi connectivity index (χ0) is 11.7. The van der Waals surface area contributed by atoms with Gasteiger partial charge in [-0.05, 0) is 13.3 Å². The first-order valence-electron chi connectivity index (χ1n) is 5.10. The molecule has 16 heavy (non-hydrogen) atoms. The predicted octanol–water partition coefficient (Wildman–Crippen LogP) is 2.69. The molecule has 0 spiro atoms. The molecule has 2 nitrogen and oxygen atoms in total. The summed E-state index contributed by atoms with van der Waals surface area (Å²) in [5.74, 6) is -2.76. The largest absolute Gasteiger partial charge is 0.376 e. The Morgan fingerprint density at radius 1 is 1.25 bits per heavy atom. The summed E-state index contributed by atoms with van der Waals surface area (Å²) in [5, 5.41) is 2.71. The van der Waals surface area contributed by atoms with E-state index in [0.29, 0.717) is 25.2 Å². The number of hydrogen-bond acceptors (Lipinski definition) is 2. The van der Waals surface area contributed by atoms with Crippen LogP contribution in [0.2, 0.25) is 0 Å². The van der Waals surface area contributed by atoms with Gasteiger partial charge in [-0.1, -0.05) is 0 Å². The van der Waals surface area contributed by atoms with Crippen molar-refractivity contribution in [3.05, 3.63) is 29.6 Å². The number of nitrogens with one attached hydrogen (secondary N) is 1. The van der Waals surface area contributed by atoms with Gasteiger partial charge in [0.2, 0.25) is 0 Å². The first-order chi connectivity index (χ1) is 7.58. The van der Waals surface area contributed by atoms with Crippen molar-refractivity contribution in [2.24, 2.45) is 0 Å². The smallest absolute Gasteiger partial charge is 0.152 e. The summed E-state index contributed by atoms with van der Waals surface area (Å²) in [6, 6.07) is 1.17. The Balaban J connectivity index is 2.21. The molecule has 0 aromatic heterocycles. The molecule has 1 N–H and O–H groups in total. The number of hydrogen-bond donors (Lipinski definition) is 1. The maximum atomic E-state index is 13.3. The van der Waals surface area contributed by atoms with Gasteiger partial charge in [0.25, 0.3) is 0 Å². The van der Waals surface area contributed by atoms with E-state index in [2.05, 4.69) is 5.32 Å². The number of ether oxygens (including phenoxy) is 1. The summed E-state index contributed by atoms with van der Waals surface area (Å²) >= 11 is 0. The SMILES string of the molecule is CC1OCCC1Nc1c(F)cc(F)cc1F. The summed E-state index contributed by atoms with van der Waals surface area (Å²) in [6.45, 7) is 2.38. The van der Waals surface area contributed by atoms with Gasteiger partial charge in [0.15, 0.2) is 11.6 Å². The van der Waals surface area contributed by atoms with Crippen molar-refractivity contribution in [1.82, 2.24) is 0 Å². The Hall–Kier alpha value is -1.23. The van der Waals surface area contributed by atoms with Crippen molar-refractivity contribution < 1.29 is 17.9 Å². The zero-order valence-electron chi connectivity index (χ0n) is 8.77. The van der Waals surface area contributed by atoms with E-state index in [1.165, 1.54) is 0 Å². The quantitative estimate of drug-likeness (QED) is 0.844. The lowest BCUT2D eigenvalue weighted by molar-refractivity contribution is 0.121. The fourth-order valence-corrected chi connectivity index (χ4v) is 1.79. The van der Waals surface area contributed by atoms with Crippen molar-refractivity contribution >= 4 is 5.69 Å². The first kappa shape index (κ1) is 11.3. The highest BCUT2D eigenvalue weighted by atomic mass is 19.1. The Labute approximate surface area is 91.4 Å². The minimum Gasteiger partial charge on any atom is -0.376 e. The topological polar surface area (TPSA) is 21.3 Å². The zero-order valence-corrected chi connectivity index (χ0v) is 8.77. The summed E-state index contributed by atoms with van der Waals surface area (Å²) in [5.41, 5.74) is -0.288. The number of benzene rings is 1. The average Bonchev–Trinajstić information content (AvgIpc) is 2.57. The highest BCUT2D eigenvalue weighted by Crippen LogP contribution is 2.24. The molecule has 1 aromatic carbocycles. The van der Waals surface area contributed by atoms with Gasteiger partial charge in [-0.3, -0.25) is 0 Å². The van der Waals surface area contributed by atoms with Crippen molar-refractivity contribution in [2.75, 3.05) is 11.9 Å². The van der Waals surface area contributed by atoms with E-state index in [9.17, 15) is 13.2 Å². The second-order valence-electron chi connectivity index (χ2n) is 3.86. The minimum absolute atomic E-state index is 0.108. The highest BCUT2D eigenvalue weighted by molar-refractivity contribution is 5.47. The second-order valence-corrected chi connectivity index (χ2v) is 3.86. The molecule has 1 heterocycles. The van der Waals surface area contributed by atoms with E-state index in [1.54, 1.807) is 0 Å². The van der Waals surface area contributed by atoms with Crippen LogP contribution in [0, 0.1) is 17.5 Å². The molecule has 0 aliphatic carbocycles. The minimum atomic E-state index is -0.920. The molecule has 5 heteroatoms. The standard InChI is InChI=1S/C11H12F3NO/c1-6-10(2-3-16-6)15-11-8(13)4-7(12)5-9(11)14/h4-6,10,15H,2-3H2,1H3. The van der Waals surface area contributed by atoms with Crippen LogP contribution < -0.4 is 5.32 Å². The Morgan fingerprint density at radius 2 is 1.88 bits per heavy atom. The molecule has 1 aromatic rings. The molecule has 1 saturated heterocycles. The summed E-state index contributed by atoms with van der Waals surface area (Å²) in [4.78, 5) is 0. The molecular formula is C11H12F3NO. The Bertz CT molecular complexity index is 374. The van der Waals surface area contributed by atoms with Crippen LogP contribution in [0.3, 0.4) is 0 Å². The fourth-order valence-electron chi connectivity index (χ4n) is 1.79. The molecule has 2 atom stereocenters. The summed E-state index contributed by atoms with van der Waals surface area (Å²) in [6.07, 6.45) is 0.570. The molecule has 1 aliphatic rings. The van der Waals surface area contributed by atoms with Gasteiger partial charge in [-0.2, -0.15) is 0 Å². The number of halogens is 3. The monoisotopic (exact) mass is 231 g/mol. The average molecular weight is 231 g/mol. The van der Waals surface area contributed by atoms with Gasteiger partial charge in [0.1, 0.15) is 11.5 Å². The van der Waals surface area contributed by atoms with Gasteiger partial charge in [0, 0.05) is 18.7 Å². The van der Waals surface area contributed by atoms with E-state index in [1.807, 2.05) is 6.92 Å². The van der Waals surface area contributed by atoms with Gasteiger partial charge in [-0.15, -0.1) is 0 Å². The van der Waals surface area contributed by atoms with Crippen molar-refractivity contribution in [1.29, 1.82) is 0 Å². The van der Waals surface area contributed by atoms with Crippen LogP contribution in [0.25, 0.3) is 0 Å². The first-order valence-corrected chi connectivity index (χ1v) is 5.10. The predicted molar refractivity (Wildman–Crippen MR) is 53.8 cm³/mol. The molecule has 1 fully saturated rings. The summed E-state index contributed by atoms with van der Waals surface area (Å²) in [7, 11) is 0.